The molecule has 0 amide bonds. The molecule has 1 atom stereocenters. The van der Waals surface area contributed by atoms with Crippen LogP contribution in [0.5, 0.6) is 0 Å². The molecule has 0 bridgehead atoms. The molecule has 0 aromatic carbocycles. The molecule has 2 aromatic rings. The minimum atomic E-state index is 0.259. The Labute approximate surface area is 93.9 Å². The molecule has 0 aliphatic heterocycles. The van der Waals surface area contributed by atoms with E-state index in [9.17, 15) is 0 Å². The topological polar surface area (TPSA) is 43.3 Å². The van der Waals surface area contributed by atoms with E-state index < -0.39 is 0 Å². The highest BCUT2D eigenvalue weighted by Gasteiger charge is 2.07. The lowest BCUT2D eigenvalue weighted by Crippen LogP contribution is -2.22. The normalized spacial score (nSPS) is 13.5. The average molecular weight is 223 g/mol. The average Bonchev–Trinajstić information content (AvgIpc) is 2.74. The fraction of sp³-hybridized carbons (Fsp3) is 0.545. The van der Waals surface area contributed by atoms with Crippen molar-refractivity contribution >= 4 is 16.3 Å². The number of nitrogens with zero attached hydrogens (tertiary/aromatic N) is 2. The summed E-state index contributed by atoms with van der Waals surface area (Å²) in [6.07, 6.45) is 8.54. The standard InChI is InChI=1S/C11H17N3S/c1-2-3-4-9(12)7-10-8-14-5-6-15-11(14)13-10/h5-6,8-9H,2-4,7,12H2,1H3. The van der Waals surface area contributed by atoms with Crippen molar-refractivity contribution in [1.82, 2.24) is 9.38 Å². The summed E-state index contributed by atoms with van der Waals surface area (Å²) in [6, 6.07) is 0.259. The summed E-state index contributed by atoms with van der Waals surface area (Å²) >= 11 is 1.66. The van der Waals surface area contributed by atoms with Crippen LogP contribution in [0.2, 0.25) is 0 Å². The molecule has 2 N–H and O–H groups in total. The maximum Gasteiger partial charge on any atom is 0.193 e. The first kappa shape index (κ1) is 10.6. The molecule has 1 unspecified atom stereocenters. The minimum Gasteiger partial charge on any atom is -0.327 e. The molecule has 0 saturated carbocycles. The summed E-state index contributed by atoms with van der Waals surface area (Å²) in [5.74, 6) is 0. The second-order valence-electron chi connectivity index (χ2n) is 3.93. The monoisotopic (exact) mass is 223 g/mol. The first-order valence-electron chi connectivity index (χ1n) is 5.46. The van der Waals surface area contributed by atoms with Crippen LogP contribution in [0, 0.1) is 0 Å². The third kappa shape index (κ3) is 2.58. The van der Waals surface area contributed by atoms with E-state index in [2.05, 4.69) is 22.5 Å². The van der Waals surface area contributed by atoms with Gasteiger partial charge in [-0.3, -0.25) is 4.40 Å². The summed E-state index contributed by atoms with van der Waals surface area (Å²) in [6.45, 7) is 2.19. The van der Waals surface area contributed by atoms with Gasteiger partial charge in [-0.1, -0.05) is 19.8 Å². The lowest BCUT2D eigenvalue weighted by atomic mass is 10.1. The number of hydrogen-bond donors (Lipinski definition) is 1. The Bertz CT molecular complexity index is 390. The number of rotatable bonds is 5. The van der Waals surface area contributed by atoms with Crippen LogP contribution in [0.4, 0.5) is 0 Å². The maximum absolute atomic E-state index is 6.04. The van der Waals surface area contributed by atoms with Gasteiger partial charge in [0.05, 0.1) is 5.69 Å². The van der Waals surface area contributed by atoms with E-state index in [0.29, 0.717) is 0 Å². The van der Waals surface area contributed by atoms with Crippen LogP contribution >= 0.6 is 11.3 Å². The molecule has 2 aromatic heterocycles. The minimum absolute atomic E-state index is 0.259. The van der Waals surface area contributed by atoms with Gasteiger partial charge in [0.1, 0.15) is 0 Å². The third-order valence-corrected chi connectivity index (χ3v) is 3.31. The van der Waals surface area contributed by atoms with Crippen LogP contribution < -0.4 is 5.73 Å². The van der Waals surface area contributed by atoms with E-state index in [1.54, 1.807) is 11.3 Å². The van der Waals surface area contributed by atoms with Crippen molar-refractivity contribution in [3.63, 3.8) is 0 Å². The highest BCUT2D eigenvalue weighted by Crippen LogP contribution is 2.13. The van der Waals surface area contributed by atoms with E-state index >= 15 is 0 Å². The molecule has 0 saturated heterocycles. The first-order chi connectivity index (χ1) is 7.29. The van der Waals surface area contributed by atoms with Crippen molar-refractivity contribution in [1.29, 1.82) is 0 Å². The molecular formula is C11H17N3S. The van der Waals surface area contributed by atoms with E-state index in [1.165, 1.54) is 12.8 Å². The van der Waals surface area contributed by atoms with E-state index in [0.717, 1.165) is 23.5 Å². The molecule has 0 aliphatic rings. The van der Waals surface area contributed by atoms with Gasteiger partial charge >= 0.3 is 0 Å². The highest BCUT2D eigenvalue weighted by molar-refractivity contribution is 7.15. The van der Waals surface area contributed by atoms with Crippen molar-refractivity contribution in [3.8, 4) is 0 Å². The molecule has 0 spiro atoms. The second-order valence-corrected chi connectivity index (χ2v) is 4.80. The van der Waals surface area contributed by atoms with Gasteiger partial charge in [-0.2, -0.15) is 0 Å². The number of hydrogen-bond acceptors (Lipinski definition) is 3. The third-order valence-electron chi connectivity index (χ3n) is 2.54. The summed E-state index contributed by atoms with van der Waals surface area (Å²) in [7, 11) is 0. The summed E-state index contributed by atoms with van der Waals surface area (Å²) in [5.41, 5.74) is 7.15. The van der Waals surface area contributed by atoms with Gasteiger partial charge in [-0.25, -0.2) is 4.98 Å². The number of nitrogens with two attached hydrogens (primary N) is 1. The van der Waals surface area contributed by atoms with Gasteiger partial charge in [0.25, 0.3) is 0 Å². The highest BCUT2D eigenvalue weighted by atomic mass is 32.1. The van der Waals surface area contributed by atoms with E-state index in [4.69, 9.17) is 5.73 Å². The smallest absolute Gasteiger partial charge is 0.193 e. The van der Waals surface area contributed by atoms with Gasteiger partial charge < -0.3 is 5.73 Å². The Balaban J connectivity index is 1.96. The number of unbranched alkanes of at least 4 members (excludes halogenated alkanes) is 1. The quantitative estimate of drug-likeness (QED) is 0.846. The van der Waals surface area contributed by atoms with Crippen molar-refractivity contribution in [2.75, 3.05) is 0 Å². The molecule has 0 aliphatic carbocycles. The van der Waals surface area contributed by atoms with Crippen molar-refractivity contribution in [2.24, 2.45) is 5.73 Å². The predicted octanol–water partition coefficient (Wildman–Crippen LogP) is 2.46. The summed E-state index contributed by atoms with van der Waals surface area (Å²) in [5, 5.41) is 2.04. The van der Waals surface area contributed by atoms with E-state index in [-0.39, 0.29) is 6.04 Å². The zero-order valence-electron chi connectivity index (χ0n) is 9.02. The molecule has 2 rings (SSSR count). The van der Waals surface area contributed by atoms with Crippen molar-refractivity contribution in [2.45, 2.75) is 38.6 Å². The molecule has 0 fully saturated rings. The van der Waals surface area contributed by atoms with Crippen molar-refractivity contribution in [3.05, 3.63) is 23.5 Å². The number of thiazole rings is 1. The Hall–Kier alpha value is -0.870. The maximum atomic E-state index is 6.04. The van der Waals surface area contributed by atoms with Crippen LogP contribution in [-0.4, -0.2) is 15.4 Å². The fourth-order valence-corrected chi connectivity index (χ4v) is 2.43. The van der Waals surface area contributed by atoms with Crippen LogP contribution in [0.1, 0.15) is 31.9 Å². The second kappa shape index (κ2) is 4.77. The first-order valence-corrected chi connectivity index (χ1v) is 6.34. The van der Waals surface area contributed by atoms with Gasteiger partial charge in [-0.15, -0.1) is 11.3 Å². The van der Waals surface area contributed by atoms with Gasteiger partial charge in [0, 0.05) is 30.2 Å². The van der Waals surface area contributed by atoms with Gasteiger partial charge in [0.15, 0.2) is 4.96 Å². The Kier molecular flexibility index (Phi) is 3.38. The van der Waals surface area contributed by atoms with Gasteiger partial charge in [0.2, 0.25) is 0 Å². The zero-order valence-corrected chi connectivity index (χ0v) is 9.83. The Morgan fingerprint density at radius 1 is 1.60 bits per heavy atom. The molecule has 82 valence electrons. The lowest BCUT2D eigenvalue weighted by molar-refractivity contribution is 0.569. The largest absolute Gasteiger partial charge is 0.327 e. The number of imidazole rings is 1. The van der Waals surface area contributed by atoms with Crippen LogP contribution in [0.3, 0.4) is 0 Å². The lowest BCUT2D eigenvalue weighted by Gasteiger charge is -2.07. The molecule has 4 heteroatoms. The Morgan fingerprint density at radius 3 is 3.20 bits per heavy atom. The molecule has 15 heavy (non-hydrogen) atoms. The van der Waals surface area contributed by atoms with Crippen LogP contribution in [0.15, 0.2) is 17.8 Å². The molecule has 0 radical (unpaired) electrons. The SMILES string of the molecule is CCCCC(N)Cc1cn2ccsc2n1. The molecule has 2 heterocycles. The van der Waals surface area contributed by atoms with Crippen LogP contribution in [0.25, 0.3) is 4.96 Å². The van der Waals surface area contributed by atoms with Crippen molar-refractivity contribution < 1.29 is 0 Å². The predicted molar refractivity (Wildman–Crippen MR) is 64.3 cm³/mol. The van der Waals surface area contributed by atoms with E-state index in [1.807, 2.05) is 11.6 Å². The van der Waals surface area contributed by atoms with Gasteiger partial charge in [-0.05, 0) is 6.42 Å². The van der Waals surface area contributed by atoms with Crippen LogP contribution in [-0.2, 0) is 6.42 Å². The summed E-state index contributed by atoms with van der Waals surface area (Å²) < 4.78 is 2.06. The summed E-state index contributed by atoms with van der Waals surface area (Å²) in [4.78, 5) is 5.58. The molecular weight excluding hydrogens is 206 g/mol. The Morgan fingerprint density at radius 2 is 2.47 bits per heavy atom. The number of aromatic nitrogens is 2. The molecule has 3 nitrogen and oxygen atoms in total. The zero-order chi connectivity index (χ0) is 10.7. The fourth-order valence-electron chi connectivity index (χ4n) is 1.71. The number of fused-ring (bicyclic) bond motifs is 1.